The quantitative estimate of drug-likeness (QED) is 0.521. The van der Waals surface area contributed by atoms with Gasteiger partial charge in [0, 0.05) is 19.2 Å². The van der Waals surface area contributed by atoms with Gasteiger partial charge in [0.15, 0.2) is 0 Å². The van der Waals surface area contributed by atoms with E-state index in [1.165, 1.54) is 39.8 Å². The van der Waals surface area contributed by atoms with Crippen LogP contribution in [0.5, 0.6) is 0 Å². The predicted molar refractivity (Wildman–Crippen MR) is 116 cm³/mol. The van der Waals surface area contributed by atoms with Gasteiger partial charge < -0.3 is 14.7 Å². The summed E-state index contributed by atoms with van der Waals surface area (Å²) in [7, 11) is 0. The molecule has 4 rings (SSSR count). The number of ether oxygens (including phenoxy) is 1. The number of carbonyl (C=O) groups excluding carboxylic acids is 3. The average molecular weight is 461 g/mol. The lowest BCUT2D eigenvalue weighted by molar-refractivity contribution is -0.159. The summed E-state index contributed by atoms with van der Waals surface area (Å²) in [5.41, 5.74) is -1.08. The lowest BCUT2D eigenvalue weighted by Gasteiger charge is -2.55. The lowest BCUT2D eigenvalue weighted by Crippen LogP contribution is -2.74. The molecule has 1 aromatic heterocycles. The van der Waals surface area contributed by atoms with E-state index < -0.39 is 23.4 Å². The topological polar surface area (TPSA) is 104 Å². The summed E-state index contributed by atoms with van der Waals surface area (Å²) in [6.07, 6.45) is 0. The standard InChI is InChI=1S/C21H20N2O6S2/c1-13(24)23(15-8-5-9-30-15)16-17(25)22-10-21(20(27)28,12-31-18(16)22)11-29-19(26)14-6-3-2-4-7-14/h2-9,16,18H,10-12H2,1H3,(H,27,28)/t16?,18-,21?/m1/s1. The Morgan fingerprint density at radius 1 is 1.23 bits per heavy atom. The molecule has 0 saturated carbocycles. The molecule has 0 bridgehead atoms. The lowest BCUT2D eigenvalue weighted by atomic mass is 9.87. The zero-order chi connectivity index (χ0) is 22.2. The second kappa shape index (κ2) is 8.35. The molecule has 3 atom stereocenters. The molecule has 2 aliphatic heterocycles. The number of nitrogens with zero attached hydrogens (tertiary/aromatic N) is 2. The van der Waals surface area contributed by atoms with E-state index in [1.54, 1.807) is 42.5 Å². The average Bonchev–Trinajstić information content (AvgIpc) is 3.30. The van der Waals surface area contributed by atoms with Crippen molar-refractivity contribution in [2.75, 3.05) is 23.8 Å². The maximum Gasteiger partial charge on any atom is 0.338 e. The van der Waals surface area contributed by atoms with Crippen molar-refractivity contribution in [2.24, 2.45) is 5.41 Å². The first-order valence-electron chi connectivity index (χ1n) is 9.55. The van der Waals surface area contributed by atoms with Crippen LogP contribution < -0.4 is 4.90 Å². The molecule has 3 heterocycles. The summed E-state index contributed by atoms with van der Waals surface area (Å²) in [5, 5.41) is 12.1. The summed E-state index contributed by atoms with van der Waals surface area (Å²) in [6.45, 7) is 0.993. The Morgan fingerprint density at radius 3 is 2.58 bits per heavy atom. The van der Waals surface area contributed by atoms with Crippen LogP contribution in [0.3, 0.4) is 0 Å². The Bertz CT molecular complexity index is 1010. The number of carboxylic acids is 1. The number of thiophene rings is 1. The predicted octanol–water partition coefficient (Wildman–Crippen LogP) is 2.31. The van der Waals surface area contributed by atoms with Gasteiger partial charge in [0.05, 0.1) is 10.6 Å². The molecule has 31 heavy (non-hydrogen) atoms. The van der Waals surface area contributed by atoms with Crippen LogP contribution in [0, 0.1) is 5.41 Å². The molecule has 2 fully saturated rings. The molecule has 2 aliphatic rings. The van der Waals surface area contributed by atoms with Gasteiger partial charge in [-0.25, -0.2) is 4.79 Å². The van der Waals surface area contributed by atoms with Crippen LogP contribution in [0.15, 0.2) is 47.8 Å². The Hall–Kier alpha value is -2.85. The molecular weight excluding hydrogens is 440 g/mol. The molecule has 0 spiro atoms. The zero-order valence-corrected chi connectivity index (χ0v) is 18.2. The minimum atomic E-state index is -1.41. The zero-order valence-electron chi connectivity index (χ0n) is 16.6. The van der Waals surface area contributed by atoms with Gasteiger partial charge in [-0.15, -0.1) is 23.1 Å². The summed E-state index contributed by atoms with van der Waals surface area (Å²) in [4.78, 5) is 52.5. The van der Waals surface area contributed by atoms with Crippen LogP contribution in [-0.2, 0) is 19.1 Å². The molecule has 0 radical (unpaired) electrons. The number of carbonyl (C=O) groups is 4. The van der Waals surface area contributed by atoms with E-state index in [0.717, 1.165) is 0 Å². The second-order valence-electron chi connectivity index (χ2n) is 7.48. The van der Waals surface area contributed by atoms with Gasteiger partial charge in [0.1, 0.15) is 23.4 Å². The Kier molecular flexibility index (Phi) is 5.76. The third kappa shape index (κ3) is 3.81. The van der Waals surface area contributed by atoms with E-state index in [4.69, 9.17) is 4.74 Å². The number of hydrogen-bond acceptors (Lipinski definition) is 7. The largest absolute Gasteiger partial charge is 0.481 e. The van der Waals surface area contributed by atoms with Crippen molar-refractivity contribution in [2.45, 2.75) is 18.3 Å². The van der Waals surface area contributed by atoms with Crippen molar-refractivity contribution in [3.8, 4) is 0 Å². The first-order chi connectivity index (χ1) is 14.8. The molecule has 2 saturated heterocycles. The van der Waals surface area contributed by atoms with Crippen LogP contribution in [0.4, 0.5) is 5.00 Å². The third-order valence-electron chi connectivity index (χ3n) is 5.42. The molecule has 1 N–H and O–H groups in total. The van der Waals surface area contributed by atoms with Crippen LogP contribution in [0.1, 0.15) is 17.3 Å². The fourth-order valence-electron chi connectivity index (χ4n) is 3.74. The highest BCUT2D eigenvalue weighted by Gasteiger charge is 2.60. The summed E-state index contributed by atoms with van der Waals surface area (Å²) >= 11 is 2.66. The number of amides is 2. The van der Waals surface area contributed by atoms with E-state index in [-0.39, 0.29) is 36.1 Å². The maximum atomic E-state index is 12.9. The molecule has 2 amide bonds. The van der Waals surface area contributed by atoms with Gasteiger partial charge in [-0.05, 0) is 29.6 Å². The Balaban J connectivity index is 1.48. The summed E-state index contributed by atoms with van der Waals surface area (Å²) in [6, 6.07) is 11.2. The van der Waals surface area contributed by atoms with Crippen LogP contribution in [0.2, 0.25) is 0 Å². The van der Waals surface area contributed by atoms with E-state index in [9.17, 15) is 24.3 Å². The molecule has 8 nitrogen and oxygen atoms in total. The van der Waals surface area contributed by atoms with Gasteiger partial charge in [-0.3, -0.25) is 19.3 Å². The molecular formula is C21H20N2O6S2. The fourth-order valence-corrected chi connectivity index (χ4v) is 6.12. The van der Waals surface area contributed by atoms with Gasteiger partial charge in [0.2, 0.25) is 11.8 Å². The number of rotatable bonds is 6. The van der Waals surface area contributed by atoms with E-state index in [1.807, 2.05) is 5.38 Å². The smallest absolute Gasteiger partial charge is 0.338 e. The molecule has 0 aliphatic carbocycles. The van der Waals surface area contributed by atoms with Crippen molar-refractivity contribution in [3.05, 3.63) is 53.4 Å². The number of anilines is 1. The molecule has 2 unspecified atom stereocenters. The third-order valence-corrected chi connectivity index (χ3v) is 7.86. The highest BCUT2D eigenvalue weighted by molar-refractivity contribution is 8.00. The number of thioether (sulfide) groups is 1. The second-order valence-corrected chi connectivity index (χ2v) is 9.51. The molecule has 2 aromatic rings. The van der Waals surface area contributed by atoms with Crippen molar-refractivity contribution >= 4 is 51.9 Å². The number of hydrogen-bond donors (Lipinski definition) is 1. The number of benzene rings is 1. The molecule has 10 heteroatoms. The van der Waals surface area contributed by atoms with Crippen molar-refractivity contribution in [1.29, 1.82) is 0 Å². The van der Waals surface area contributed by atoms with E-state index in [0.29, 0.717) is 10.6 Å². The molecule has 162 valence electrons. The van der Waals surface area contributed by atoms with E-state index >= 15 is 0 Å². The van der Waals surface area contributed by atoms with Crippen LogP contribution in [-0.4, -0.2) is 64.1 Å². The summed E-state index contributed by atoms with van der Waals surface area (Å²) in [5.74, 6) is -2.13. The normalized spacial score (nSPS) is 24.7. The summed E-state index contributed by atoms with van der Waals surface area (Å²) < 4.78 is 5.31. The SMILES string of the molecule is CC(=O)N(c1cccs1)C1C(=O)N2CC(COC(=O)c3ccccc3)(C(=O)O)CS[C@H]12. The fraction of sp³-hybridized carbons (Fsp3) is 0.333. The number of fused-ring (bicyclic) bond motifs is 1. The van der Waals surface area contributed by atoms with Crippen molar-refractivity contribution in [3.63, 3.8) is 0 Å². The van der Waals surface area contributed by atoms with Crippen LogP contribution >= 0.6 is 23.1 Å². The monoisotopic (exact) mass is 460 g/mol. The highest BCUT2D eigenvalue weighted by atomic mass is 32.2. The first-order valence-corrected chi connectivity index (χ1v) is 11.5. The Morgan fingerprint density at radius 2 is 1.97 bits per heavy atom. The van der Waals surface area contributed by atoms with Gasteiger partial charge >= 0.3 is 11.9 Å². The van der Waals surface area contributed by atoms with Gasteiger partial charge in [-0.2, -0.15) is 0 Å². The van der Waals surface area contributed by atoms with Crippen molar-refractivity contribution in [1.82, 2.24) is 4.90 Å². The minimum Gasteiger partial charge on any atom is -0.481 e. The minimum absolute atomic E-state index is 0.0758. The number of esters is 1. The number of aliphatic carboxylic acids is 1. The first kappa shape index (κ1) is 21.4. The molecule has 1 aromatic carbocycles. The van der Waals surface area contributed by atoms with Crippen LogP contribution in [0.25, 0.3) is 0 Å². The number of β-lactam (4-membered cyclic amide) rings is 1. The van der Waals surface area contributed by atoms with Gasteiger partial charge in [0.25, 0.3) is 0 Å². The van der Waals surface area contributed by atoms with E-state index in [2.05, 4.69) is 0 Å². The number of carboxylic acid groups (broad SMARTS) is 1. The highest BCUT2D eigenvalue weighted by Crippen LogP contribution is 2.45. The Labute approximate surface area is 186 Å². The van der Waals surface area contributed by atoms with Gasteiger partial charge in [-0.1, -0.05) is 18.2 Å². The van der Waals surface area contributed by atoms with Crippen molar-refractivity contribution < 1.29 is 29.0 Å². The maximum absolute atomic E-state index is 12.9.